The van der Waals surface area contributed by atoms with E-state index in [4.69, 9.17) is 44.3 Å². The summed E-state index contributed by atoms with van der Waals surface area (Å²) in [4.78, 5) is 12.3. The molecule has 0 heterocycles. The summed E-state index contributed by atoms with van der Waals surface area (Å²) in [7, 11) is 1.59. The molecule has 3 aromatic carbocycles. The van der Waals surface area contributed by atoms with Gasteiger partial charge in [0, 0.05) is 21.2 Å². The third-order valence-corrected chi connectivity index (χ3v) is 4.92. The number of hydrogen-bond acceptors (Lipinski definition) is 3. The van der Waals surface area contributed by atoms with Crippen molar-refractivity contribution in [2.24, 2.45) is 0 Å². The Hall–Kier alpha value is -2.46. The molecule has 0 atom stereocenters. The minimum absolute atomic E-state index is 0.108. The van der Waals surface area contributed by atoms with Crippen LogP contribution in [0.4, 0.5) is 0 Å². The summed E-state index contributed by atoms with van der Waals surface area (Å²) in [5.74, 6) is 1.09. The summed E-state index contributed by atoms with van der Waals surface area (Å²) < 4.78 is 11.2. The molecule has 0 fully saturated rings. The van der Waals surface area contributed by atoms with Gasteiger partial charge >= 0.3 is 0 Å². The van der Waals surface area contributed by atoms with E-state index in [1.165, 1.54) is 6.08 Å². The van der Waals surface area contributed by atoms with Gasteiger partial charge in [0.1, 0.15) is 18.1 Å². The van der Waals surface area contributed by atoms with Crippen LogP contribution in [0.5, 0.6) is 11.5 Å². The zero-order chi connectivity index (χ0) is 20.8. The number of ether oxygens (including phenoxy) is 2. The summed E-state index contributed by atoms with van der Waals surface area (Å²) >= 11 is 17.9. The highest BCUT2D eigenvalue weighted by atomic mass is 35.5. The molecule has 0 aliphatic heterocycles. The molecule has 0 aliphatic rings. The van der Waals surface area contributed by atoms with Gasteiger partial charge in [-0.25, -0.2) is 0 Å². The lowest BCUT2D eigenvalue weighted by Crippen LogP contribution is -2.00. The first-order chi connectivity index (χ1) is 14.0. The van der Waals surface area contributed by atoms with Gasteiger partial charge in [-0.2, -0.15) is 0 Å². The van der Waals surface area contributed by atoms with Crippen molar-refractivity contribution < 1.29 is 14.3 Å². The monoisotopic (exact) mass is 446 g/mol. The molecule has 29 heavy (non-hydrogen) atoms. The number of carbonyl (C=O) groups excluding carboxylic acids is 1. The van der Waals surface area contributed by atoms with Crippen LogP contribution in [0.1, 0.15) is 21.5 Å². The summed E-state index contributed by atoms with van der Waals surface area (Å²) in [6.07, 6.45) is 3.26. The first-order valence-corrected chi connectivity index (χ1v) is 9.82. The molecule has 0 N–H and O–H groups in total. The average molecular weight is 448 g/mol. The first-order valence-electron chi connectivity index (χ1n) is 8.69. The van der Waals surface area contributed by atoms with E-state index in [1.54, 1.807) is 55.7 Å². The second-order valence-electron chi connectivity index (χ2n) is 6.14. The van der Waals surface area contributed by atoms with Gasteiger partial charge in [0.2, 0.25) is 0 Å². The van der Waals surface area contributed by atoms with E-state index in [2.05, 4.69) is 0 Å². The van der Waals surface area contributed by atoms with Crippen molar-refractivity contribution in [1.82, 2.24) is 0 Å². The predicted molar refractivity (Wildman–Crippen MR) is 119 cm³/mol. The van der Waals surface area contributed by atoms with Crippen molar-refractivity contribution in [3.05, 3.63) is 98.5 Å². The highest BCUT2D eigenvalue weighted by Gasteiger charge is 2.08. The molecule has 3 nitrogen and oxygen atoms in total. The van der Waals surface area contributed by atoms with Crippen molar-refractivity contribution in [3.8, 4) is 11.5 Å². The lowest BCUT2D eigenvalue weighted by atomic mass is 10.1. The zero-order valence-corrected chi connectivity index (χ0v) is 17.8. The predicted octanol–water partition coefficient (Wildman–Crippen LogP) is 7.13. The number of allylic oxidation sites excluding steroid dienone is 1. The fourth-order valence-corrected chi connectivity index (χ4v) is 3.23. The van der Waals surface area contributed by atoms with E-state index >= 15 is 0 Å². The largest absolute Gasteiger partial charge is 0.496 e. The lowest BCUT2D eigenvalue weighted by Gasteiger charge is -2.12. The molecule has 3 aromatic rings. The Labute approximate surface area is 184 Å². The molecule has 0 saturated carbocycles. The van der Waals surface area contributed by atoms with Gasteiger partial charge in [-0.05, 0) is 66.2 Å². The van der Waals surface area contributed by atoms with Crippen molar-refractivity contribution in [1.29, 1.82) is 0 Å². The van der Waals surface area contributed by atoms with Gasteiger partial charge < -0.3 is 9.47 Å². The van der Waals surface area contributed by atoms with E-state index in [0.717, 1.165) is 11.1 Å². The van der Waals surface area contributed by atoms with Gasteiger partial charge in [-0.3, -0.25) is 4.79 Å². The fraction of sp³-hybridized carbons (Fsp3) is 0.0870. The quantitative estimate of drug-likeness (QED) is 0.285. The van der Waals surface area contributed by atoms with E-state index in [0.29, 0.717) is 32.1 Å². The second-order valence-corrected chi connectivity index (χ2v) is 7.42. The maximum absolute atomic E-state index is 12.3. The number of ketones is 1. The molecule has 0 radical (unpaired) electrons. The van der Waals surface area contributed by atoms with Crippen molar-refractivity contribution in [2.45, 2.75) is 6.61 Å². The van der Waals surface area contributed by atoms with Crippen molar-refractivity contribution >= 4 is 46.7 Å². The van der Waals surface area contributed by atoms with Crippen molar-refractivity contribution in [2.75, 3.05) is 7.11 Å². The maximum atomic E-state index is 12.3. The van der Waals surface area contributed by atoms with Crippen LogP contribution >= 0.6 is 34.8 Å². The zero-order valence-electron chi connectivity index (χ0n) is 15.5. The minimum Gasteiger partial charge on any atom is -0.496 e. The summed E-state index contributed by atoms with van der Waals surface area (Å²) in [5, 5.41) is 1.56. The summed E-state index contributed by atoms with van der Waals surface area (Å²) in [5.41, 5.74) is 2.23. The van der Waals surface area contributed by atoms with E-state index in [9.17, 15) is 4.79 Å². The maximum Gasteiger partial charge on any atom is 0.185 e. The van der Waals surface area contributed by atoms with Crippen LogP contribution in [0.15, 0.2) is 66.7 Å². The molecule has 0 spiro atoms. The van der Waals surface area contributed by atoms with E-state index in [-0.39, 0.29) is 12.4 Å². The second kappa shape index (κ2) is 9.84. The molecular weight excluding hydrogens is 431 g/mol. The molecular formula is C23H17Cl3O3. The Morgan fingerprint density at radius 3 is 2.28 bits per heavy atom. The van der Waals surface area contributed by atoms with E-state index in [1.807, 2.05) is 18.2 Å². The SMILES string of the molecule is COc1ccc(/C=C/C(=O)c2ccc(Cl)cc2)cc1COc1ccc(Cl)cc1Cl. The Kier molecular flexibility index (Phi) is 7.21. The number of rotatable bonds is 7. The molecule has 0 unspecified atom stereocenters. The van der Waals surface area contributed by atoms with Crippen LogP contribution in [-0.4, -0.2) is 12.9 Å². The van der Waals surface area contributed by atoms with Gasteiger partial charge in [0.05, 0.1) is 12.1 Å². The number of carbonyl (C=O) groups is 1. The first kappa shape index (κ1) is 21.3. The highest BCUT2D eigenvalue weighted by molar-refractivity contribution is 6.35. The third kappa shape index (κ3) is 5.77. The molecule has 0 saturated heterocycles. The van der Waals surface area contributed by atoms with Crippen LogP contribution in [0.2, 0.25) is 15.1 Å². The third-order valence-electron chi connectivity index (χ3n) is 4.14. The van der Waals surface area contributed by atoms with Crippen LogP contribution in [-0.2, 0) is 6.61 Å². The van der Waals surface area contributed by atoms with Gasteiger partial charge in [0.25, 0.3) is 0 Å². The fourth-order valence-electron chi connectivity index (χ4n) is 2.65. The molecule has 0 aromatic heterocycles. The number of hydrogen-bond donors (Lipinski definition) is 0. The Morgan fingerprint density at radius 1 is 0.897 bits per heavy atom. The number of halogens is 3. The summed E-state index contributed by atoms with van der Waals surface area (Å²) in [6.45, 7) is 0.247. The van der Waals surface area contributed by atoms with Gasteiger partial charge in [-0.15, -0.1) is 0 Å². The molecule has 0 aliphatic carbocycles. The molecule has 0 bridgehead atoms. The Morgan fingerprint density at radius 2 is 1.59 bits per heavy atom. The normalized spacial score (nSPS) is 10.9. The average Bonchev–Trinajstić information content (AvgIpc) is 2.72. The van der Waals surface area contributed by atoms with Crippen LogP contribution in [0, 0.1) is 0 Å². The topological polar surface area (TPSA) is 35.5 Å². The van der Waals surface area contributed by atoms with Gasteiger partial charge in [-0.1, -0.05) is 46.9 Å². The minimum atomic E-state index is -0.108. The molecule has 0 amide bonds. The molecule has 6 heteroatoms. The number of methoxy groups -OCH3 is 1. The standard InChI is InChI=1S/C23H17Cl3O3/c1-28-22-10-3-15(2-9-21(27)16-4-6-18(24)7-5-16)12-17(22)14-29-23-11-8-19(25)13-20(23)26/h2-13H,14H2,1H3/b9-2+. The Bertz CT molecular complexity index is 1040. The van der Waals surface area contributed by atoms with E-state index < -0.39 is 0 Å². The smallest absolute Gasteiger partial charge is 0.185 e. The lowest BCUT2D eigenvalue weighted by molar-refractivity contribution is 0.104. The molecule has 148 valence electrons. The Balaban J connectivity index is 1.75. The van der Waals surface area contributed by atoms with Gasteiger partial charge in [0.15, 0.2) is 5.78 Å². The van der Waals surface area contributed by atoms with Crippen molar-refractivity contribution in [3.63, 3.8) is 0 Å². The van der Waals surface area contributed by atoms with Crippen LogP contribution in [0.3, 0.4) is 0 Å². The van der Waals surface area contributed by atoms with Crippen LogP contribution in [0.25, 0.3) is 6.08 Å². The summed E-state index contributed by atoms with van der Waals surface area (Å²) in [6, 6.07) is 17.4. The van der Waals surface area contributed by atoms with Crippen LogP contribution < -0.4 is 9.47 Å². The number of benzene rings is 3. The molecule has 3 rings (SSSR count). The highest BCUT2D eigenvalue weighted by Crippen LogP contribution is 2.29.